The van der Waals surface area contributed by atoms with E-state index in [-0.39, 0.29) is 6.04 Å². The molecule has 1 heterocycles. The van der Waals surface area contributed by atoms with E-state index in [4.69, 9.17) is 4.74 Å². The number of carboxylic acid groups (broad SMARTS) is 1. The van der Waals surface area contributed by atoms with E-state index in [1.807, 2.05) is 31.2 Å². The molecule has 0 radical (unpaired) electrons. The number of aryl methyl sites for hydroxylation is 1. The largest absolute Gasteiger partial charge is 0.492 e. The molecule has 1 saturated carbocycles. The molecule has 0 aromatic heterocycles. The van der Waals surface area contributed by atoms with Crippen molar-refractivity contribution in [3.8, 4) is 5.75 Å². The number of nitrogens with zero attached hydrogens (tertiary/aromatic N) is 1. The third-order valence-corrected chi connectivity index (χ3v) is 5.11. The Balaban J connectivity index is 1.60. The van der Waals surface area contributed by atoms with Crippen molar-refractivity contribution in [3.05, 3.63) is 29.8 Å². The van der Waals surface area contributed by atoms with Gasteiger partial charge in [0.05, 0.1) is 0 Å². The molecular weight excluding hydrogens is 278 g/mol. The maximum absolute atomic E-state index is 11.6. The number of rotatable bonds is 5. The Hall–Kier alpha value is -1.55. The highest BCUT2D eigenvalue weighted by molar-refractivity contribution is 5.74. The number of fused-ring (bicyclic) bond motifs is 1. The van der Waals surface area contributed by atoms with Crippen LogP contribution in [-0.2, 0) is 4.79 Å². The van der Waals surface area contributed by atoms with Gasteiger partial charge in [-0.2, -0.15) is 0 Å². The van der Waals surface area contributed by atoms with Gasteiger partial charge in [0, 0.05) is 12.6 Å². The van der Waals surface area contributed by atoms with Crippen LogP contribution in [0.3, 0.4) is 0 Å². The van der Waals surface area contributed by atoms with Crippen LogP contribution in [0.1, 0.15) is 37.7 Å². The Morgan fingerprint density at radius 2 is 2.18 bits per heavy atom. The molecule has 1 saturated heterocycles. The van der Waals surface area contributed by atoms with Crippen LogP contribution in [0.25, 0.3) is 0 Å². The van der Waals surface area contributed by atoms with Crippen LogP contribution in [0.5, 0.6) is 5.75 Å². The average Bonchev–Trinajstić information content (AvgIpc) is 2.87. The first-order valence-corrected chi connectivity index (χ1v) is 8.33. The monoisotopic (exact) mass is 303 g/mol. The second-order valence-electron chi connectivity index (χ2n) is 6.60. The van der Waals surface area contributed by atoms with Gasteiger partial charge in [0.25, 0.3) is 0 Å². The Kier molecular flexibility index (Phi) is 4.67. The van der Waals surface area contributed by atoms with Gasteiger partial charge in [-0.15, -0.1) is 0 Å². The lowest BCUT2D eigenvalue weighted by molar-refractivity contribution is -0.142. The van der Waals surface area contributed by atoms with E-state index in [0.717, 1.165) is 18.6 Å². The Bertz CT molecular complexity index is 531. The van der Waals surface area contributed by atoms with Crippen molar-refractivity contribution in [2.24, 2.45) is 5.92 Å². The van der Waals surface area contributed by atoms with Gasteiger partial charge in [-0.1, -0.05) is 25.0 Å². The van der Waals surface area contributed by atoms with Gasteiger partial charge >= 0.3 is 5.97 Å². The molecule has 4 nitrogen and oxygen atoms in total. The number of ether oxygens (including phenoxy) is 1. The SMILES string of the molecule is Cc1cccc(OCCN2[C@@H]3CCCC[C@@H]3C[C@H]2C(=O)O)c1. The van der Waals surface area contributed by atoms with Crippen LogP contribution >= 0.6 is 0 Å². The summed E-state index contributed by atoms with van der Waals surface area (Å²) in [6, 6.07) is 8.11. The van der Waals surface area contributed by atoms with Crippen LogP contribution in [0, 0.1) is 12.8 Å². The predicted molar refractivity (Wildman–Crippen MR) is 85.2 cm³/mol. The number of benzene rings is 1. The fourth-order valence-electron chi connectivity index (χ4n) is 4.09. The van der Waals surface area contributed by atoms with Crippen LogP contribution in [0.4, 0.5) is 0 Å². The van der Waals surface area contributed by atoms with Crippen molar-refractivity contribution in [2.45, 2.75) is 51.1 Å². The average molecular weight is 303 g/mol. The predicted octanol–water partition coefficient (Wildman–Crippen LogP) is 3.09. The van der Waals surface area contributed by atoms with Gasteiger partial charge in [0.1, 0.15) is 18.4 Å². The first-order valence-electron chi connectivity index (χ1n) is 8.33. The first-order chi connectivity index (χ1) is 10.6. The normalized spacial score (nSPS) is 28.3. The second kappa shape index (κ2) is 6.69. The van der Waals surface area contributed by atoms with Gasteiger partial charge in [-0.3, -0.25) is 9.69 Å². The molecule has 22 heavy (non-hydrogen) atoms. The molecule has 2 fully saturated rings. The minimum atomic E-state index is -0.676. The summed E-state index contributed by atoms with van der Waals surface area (Å²) in [6.07, 6.45) is 5.61. The molecule has 120 valence electrons. The summed E-state index contributed by atoms with van der Waals surface area (Å²) in [6.45, 7) is 3.29. The smallest absolute Gasteiger partial charge is 0.320 e. The Morgan fingerprint density at radius 1 is 1.36 bits per heavy atom. The topological polar surface area (TPSA) is 49.8 Å². The third kappa shape index (κ3) is 3.27. The summed E-state index contributed by atoms with van der Waals surface area (Å²) in [5.41, 5.74) is 1.18. The van der Waals surface area contributed by atoms with E-state index in [0.29, 0.717) is 25.1 Å². The first kappa shape index (κ1) is 15.3. The molecule has 4 heteroatoms. The summed E-state index contributed by atoms with van der Waals surface area (Å²) >= 11 is 0. The number of carboxylic acids is 1. The molecule has 2 aliphatic rings. The summed E-state index contributed by atoms with van der Waals surface area (Å²) in [4.78, 5) is 13.7. The number of carbonyl (C=O) groups is 1. The minimum Gasteiger partial charge on any atom is -0.492 e. The van der Waals surface area contributed by atoms with Crippen LogP contribution in [0.2, 0.25) is 0 Å². The standard InChI is InChI=1S/C18H25NO3/c1-13-5-4-7-15(11-13)22-10-9-19-16-8-3-2-6-14(16)12-17(19)18(20)21/h4-5,7,11,14,16-17H,2-3,6,8-10,12H2,1H3,(H,20,21)/t14-,16-,17+/m1/s1. The van der Waals surface area contributed by atoms with Crippen molar-refractivity contribution < 1.29 is 14.6 Å². The number of likely N-dealkylation sites (tertiary alicyclic amines) is 1. The lowest BCUT2D eigenvalue weighted by atomic mass is 9.85. The molecule has 1 N–H and O–H groups in total. The number of hydrogen-bond acceptors (Lipinski definition) is 3. The van der Waals surface area contributed by atoms with Crippen LogP contribution in [-0.4, -0.2) is 41.2 Å². The van der Waals surface area contributed by atoms with Crippen molar-refractivity contribution >= 4 is 5.97 Å². The fourth-order valence-corrected chi connectivity index (χ4v) is 4.09. The Labute approximate surface area is 132 Å². The van der Waals surface area contributed by atoms with Crippen molar-refractivity contribution in [1.29, 1.82) is 0 Å². The summed E-state index contributed by atoms with van der Waals surface area (Å²) < 4.78 is 5.82. The van der Waals surface area contributed by atoms with Gasteiger partial charge < -0.3 is 9.84 Å². The number of aliphatic carboxylic acids is 1. The maximum atomic E-state index is 11.6. The van der Waals surface area contributed by atoms with Gasteiger partial charge in [-0.25, -0.2) is 0 Å². The van der Waals surface area contributed by atoms with Crippen molar-refractivity contribution in [2.75, 3.05) is 13.2 Å². The molecule has 1 aliphatic heterocycles. The van der Waals surface area contributed by atoms with Gasteiger partial charge in [0.2, 0.25) is 0 Å². The van der Waals surface area contributed by atoms with Gasteiger partial charge in [0.15, 0.2) is 0 Å². The van der Waals surface area contributed by atoms with Crippen LogP contribution < -0.4 is 4.74 Å². The highest BCUT2D eigenvalue weighted by Crippen LogP contribution is 2.39. The van der Waals surface area contributed by atoms with Crippen LogP contribution in [0.15, 0.2) is 24.3 Å². The molecular formula is C18H25NO3. The number of hydrogen-bond donors (Lipinski definition) is 1. The molecule has 3 atom stereocenters. The maximum Gasteiger partial charge on any atom is 0.320 e. The zero-order valence-corrected chi connectivity index (χ0v) is 13.2. The summed E-state index contributed by atoms with van der Waals surface area (Å²) in [7, 11) is 0. The van der Waals surface area contributed by atoms with E-state index in [9.17, 15) is 9.90 Å². The quantitative estimate of drug-likeness (QED) is 0.908. The van der Waals surface area contributed by atoms with Gasteiger partial charge in [-0.05, 0) is 49.8 Å². The minimum absolute atomic E-state index is 0.325. The van der Waals surface area contributed by atoms with E-state index in [1.54, 1.807) is 0 Å². The van der Waals surface area contributed by atoms with Crippen molar-refractivity contribution in [1.82, 2.24) is 4.90 Å². The molecule has 0 bridgehead atoms. The zero-order valence-electron chi connectivity index (χ0n) is 13.2. The molecule has 1 aliphatic carbocycles. The van der Waals surface area contributed by atoms with Crippen molar-refractivity contribution in [3.63, 3.8) is 0 Å². The molecule has 1 aromatic carbocycles. The Morgan fingerprint density at radius 3 is 2.95 bits per heavy atom. The summed E-state index contributed by atoms with van der Waals surface area (Å²) in [5.74, 6) is 0.755. The molecule has 0 spiro atoms. The lowest BCUT2D eigenvalue weighted by Gasteiger charge is -2.32. The summed E-state index contributed by atoms with van der Waals surface area (Å²) in [5, 5.41) is 9.50. The lowest BCUT2D eigenvalue weighted by Crippen LogP contribution is -2.44. The van der Waals surface area contributed by atoms with E-state index in [1.165, 1.54) is 24.8 Å². The van der Waals surface area contributed by atoms with E-state index in [2.05, 4.69) is 4.90 Å². The molecule has 0 amide bonds. The fraction of sp³-hybridized carbons (Fsp3) is 0.611. The highest BCUT2D eigenvalue weighted by Gasteiger charge is 2.44. The van der Waals surface area contributed by atoms with E-state index >= 15 is 0 Å². The molecule has 0 unspecified atom stereocenters. The highest BCUT2D eigenvalue weighted by atomic mass is 16.5. The molecule has 1 aromatic rings. The molecule has 3 rings (SSSR count). The van der Waals surface area contributed by atoms with E-state index < -0.39 is 5.97 Å². The zero-order chi connectivity index (χ0) is 15.5. The second-order valence-corrected chi connectivity index (χ2v) is 6.60. The third-order valence-electron chi connectivity index (χ3n) is 5.11.